The Morgan fingerprint density at radius 1 is 1.32 bits per heavy atom. The first kappa shape index (κ1) is 17.1. The summed E-state index contributed by atoms with van der Waals surface area (Å²) in [4.78, 5) is 41.7. The summed E-state index contributed by atoms with van der Waals surface area (Å²) in [5, 5.41) is 4.48. The third kappa shape index (κ3) is 3.70. The van der Waals surface area contributed by atoms with E-state index in [0.717, 1.165) is 12.8 Å². The van der Waals surface area contributed by atoms with Crippen LogP contribution in [0.4, 0.5) is 0 Å². The number of hydrogen-bond acceptors (Lipinski definition) is 5. The highest BCUT2D eigenvalue weighted by molar-refractivity contribution is 5.77. The number of piperidine rings is 1. The lowest BCUT2D eigenvalue weighted by Crippen LogP contribution is -2.39. The van der Waals surface area contributed by atoms with E-state index in [2.05, 4.69) is 10.1 Å². The Morgan fingerprint density at radius 2 is 2.04 bits per heavy atom. The van der Waals surface area contributed by atoms with Crippen LogP contribution in [-0.4, -0.2) is 49.1 Å². The topological polar surface area (TPSA) is 116 Å². The third-order valence-corrected chi connectivity index (χ3v) is 4.74. The van der Waals surface area contributed by atoms with Crippen molar-refractivity contribution in [3.63, 3.8) is 0 Å². The maximum atomic E-state index is 12.4. The summed E-state index contributed by atoms with van der Waals surface area (Å²) in [7, 11) is 1.73. The van der Waals surface area contributed by atoms with Gasteiger partial charge in [0.25, 0.3) is 5.56 Å². The number of hydrogen-bond donors (Lipinski definition) is 1. The van der Waals surface area contributed by atoms with E-state index in [1.54, 1.807) is 16.6 Å². The number of amides is 2. The smallest absolute Gasteiger partial charge is 0.264 e. The van der Waals surface area contributed by atoms with E-state index < -0.39 is 0 Å². The first-order chi connectivity index (χ1) is 12.0. The van der Waals surface area contributed by atoms with Crippen molar-refractivity contribution in [2.45, 2.75) is 32.2 Å². The summed E-state index contributed by atoms with van der Waals surface area (Å²) in [6, 6.07) is 0. The highest BCUT2D eigenvalue weighted by atomic mass is 16.2. The second-order valence-corrected chi connectivity index (χ2v) is 6.49. The zero-order chi connectivity index (χ0) is 18.0. The molecule has 0 atom stereocenters. The lowest BCUT2D eigenvalue weighted by molar-refractivity contribution is -0.132. The number of nitrogens with two attached hydrogens (primary N) is 1. The van der Waals surface area contributed by atoms with Gasteiger partial charge in [-0.2, -0.15) is 5.10 Å². The zero-order valence-corrected chi connectivity index (χ0v) is 14.2. The van der Waals surface area contributed by atoms with Crippen molar-refractivity contribution in [2.75, 3.05) is 13.1 Å². The lowest BCUT2D eigenvalue weighted by Gasteiger charge is -2.31. The Hall–Kier alpha value is -2.71. The summed E-state index contributed by atoms with van der Waals surface area (Å²) >= 11 is 0. The SMILES string of the molecule is Cn1ncc2c(=O)n(CCC(=O)N3CCC(CC(N)=O)CC3)cnc21. The minimum atomic E-state index is -0.289. The van der Waals surface area contributed by atoms with E-state index in [1.165, 1.54) is 17.1 Å². The molecule has 3 heterocycles. The molecule has 9 nitrogen and oxygen atoms in total. The minimum Gasteiger partial charge on any atom is -0.370 e. The van der Waals surface area contributed by atoms with Crippen molar-refractivity contribution in [3.05, 3.63) is 22.9 Å². The fourth-order valence-electron chi connectivity index (χ4n) is 3.27. The van der Waals surface area contributed by atoms with Gasteiger partial charge in [-0.15, -0.1) is 0 Å². The molecule has 25 heavy (non-hydrogen) atoms. The van der Waals surface area contributed by atoms with Crippen LogP contribution in [0.3, 0.4) is 0 Å². The molecular weight excluding hydrogens is 324 g/mol. The number of primary amides is 1. The zero-order valence-electron chi connectivity index (χ0n) is 14.2. The Kier molecular flexibility index (Phi) is 4.82. The molecule has 1 aliphatic heterocycles. The molecule has 0 aromatic carbocycles. The van der Waals surface area contributed by atoms with Crippen LogP contribution in [0, 0.1) is 5.92 Å². The molecule has 0 unspecified atom stereocenters. The number of likely N-dealkylation sites (tertiary alicyclic amines) is 1. The van der Waals surface area contributed by atoms with Crippen LogP contribution < -0.4 is 11.3 Å². The van der Waals surface area contributed by atoms with Crippen LogP contribution in [0.5, 0.6) is 0 Å². The largest absolute Gasteiger partial charge is 0.370 e. The van der Waals surface area contributed by atoms with Gasteiger partial charge in [-0.3, -0.25) is 23.6 Å². The number of carbonyl (C=O) groups is 2. The molecule has 0 radical (unpaired) electrons. The molecule has 1 aliphatic rings. The summed E-state index contributed by atoms with van der Waals surface area (Å²) < 4.78 is 2.99. The van der Waals surface area contributed by atoms with Gasteiger partial charge in [0.2, 0.25) is 11.8 Å². The van der Waals surface area contributed by atoms with Crippen molar-refractivity contribution in [3.8, 4) is 0 Å². The Bertz CT molecular complexity index is 847. The van der Waals surface area contributed by atoms with Gasteiger partial charge in [0.1, 0.15) is 5.39 Å². The van der Waals surface area contributed by atoms with Gasteiger partial charge in [-0.05, 0) is 18.8 Å². The molecule has 0 bridgehead atoms. The maximum absolute atomic E-state index is 12.4. The van der Waals surface area contributed by atoms with Crippen molar-refractivity contribution >= 4 is 22.8 Å². The fourth-order valence-corrected chi connectivity index (χ4v) is 3.27. The lowest BCUT2D eigenvalue weighted by atomic mass is 9.93. The quantitative estimate of drug-likeness (QED) is 0.793. The minimum absolute atomic E-state index is 0.00992. The van der Waals surface area contributed by atoms with Gasteiger partial charge in [-0.25, -0.2) is 4.98 Å². The molecule has 0 spiro atoms. The Labute approximate surface area is 144 Å². The van der Waals surface area contributed by atoms with Crippen LogP contribution in [0.1, 0.15) is 25.7 Å². The van der Waals surface area contributed by atoms with Crippen molar-refractivity contribution in [1.29, 1.82) is 0 Å². The molecule has 0 aliphatic carbocycles. The van der Waals surface area contributed by atoms with Crippen molar-refractivity contribution < 1.29 is 9.59 Å². The molecule has 9 heteroatoms. The predicted octanol–water partition coefficient (Wildman–Crippen LogP) is -0.366. The summed E-state index contributed by atoms with van der Waals surface area (Å²) in [6.07, 6.45) is 5.16. The highest BCUT2D eigenvalue weighted by Crippen LogP contribution is 2.20. The average Bonchev–Trinajstić information content (AvgIpc) is 2.96. The molecular formula is C16H22N6O3. The predicted molar refractivity (Wildman–Crippen MR) is 90.5 cm³/mol. The fraction of sp³-hybridized carbons (Fsp3) is 0.562. The third-order valence-electron chi connectivity index (χ3n) is 4.74. The first-order valence-electron chi connectivity index (χ1n) is 8.39. The number of nitrogens with zero attached hydrogens (tertiary/aromatic N) is 5. The number of carbonyl (C=O) groups excluding carboxylic acids is 2. The van der Waals surface area contributed by atoms with E-state index in [1.807, 2.05) is 0 Å². The van der Waals surface area contributed by atoms with Gasteiger partial charge in [0, 0.05) is 39.5 Å². The monoisotopic (exact) mass is 346 g/mol. The maximum Gasteiger partial charge on any atom is 0.264 e. The van der Waals surface area contributed by atoms with Gasteiger partial charge in [0.15, 0.2) is 5.65 Å². The standard InChI is InChI=1S/C16H22N6O3/c1-20-15-12(9-19-20)16(25)22(10-18-15)7-4-14(24)21-5-2-11(3-6-21)8-13(17)23/h9-11H,2-8H2,1H3,(H2,17,23). The second-order valence-electron chi connectivity index (χ2n) is 6.49. The Morgan fingerprint density at radius 3 is 2.72 bits per heavy atom. The number of rotatable bonds is 5. The van der Waals surface area contributed by atoms with Crippen LogP contribution in [0.25, 0.3) is 11.0 Å². The van der Waals surface area contributed by atoms with Gasteiger partial charge in [0.05, 0.1) is 12.5 Å². The summed E-state index contributed by atoms with van der Waals surface area (Å²) in [5.74, 6) is -0.0143. The van der Waals surface area contributed by atoms with Gasteiger partial charge >= 0.3 is 0 Å². The number of fused-ring (bicyclic) bond motifs is 1. The molecule has 1 saturated heterocycles. The van der Waals surface area contributed by atoms with Crippen LogP contribution in [0.15, 0.2) is 17.3 Å². The molecule has 2 aromatic heterocycles. The molecule has 2 amide bonds. The number of aromatic nitrogens is 4. The average molecular weight is 346 g/mol. The van der Waals surface area contributed by atoms with Crippen molar-refractivity contribution in [2.24, 2.45) is 18.7 Å². The first-order valence-corrected chi connectivity index (χ1v) is 8.39. The summed E-state index contributed by atoms with van der Waals surface area (Å²) in [5.41, 5.74) is 5.56. The normalized spacial score (nSPS) is 15.6. The summed E-state index contributed by atoms with van der Waals surface area (Å²) in [6.45, 7) is 1.55. The number of aryl methyl sites for hydroxylation is 2. The Balaban J connectivity index is 1.57. The van der Waals surface area contributed by atoms with Gasteiger partial charge < -0.3 is 10.6 Å². The van der Waals surface area contributed by atoms with E-state index in [-0.39, 0.29) is 36.3 Å². The van der Waals surface area contributed by atoms with Crippen LogP contribution in [0.2, 0.25) is 0 Å². The van der Waals surface area contributed by atoms with E-state index in [4.69, 9.17) is 5.73 Å². The van der Waals surface area contributed by atoms with E-state index >= 15 is 0 Å². The molecule has 134 valence electrons. The molecule has 2 aromatic rings. The van der Waals surface area contributed by atoms with Crippen LogP contribution >= 0.6 is 0 Å². The molecule has 1 fully saturated rings. The van der Waals surface area contributed by atoms with Crippen molar-refractivity contribution in [1.82, 2.24) is 24.2 Å². The molecule has 0 saturated carbocycles. The molecule has 2 N–H and O–H groups in total. The van der Waals surface area contributed by atoms with Crippen LogP contribution in [-0.2, 0) is 23.2 Å². The molecule has 3 rings (SSSR count). The second kappa shape index (κ2) is 7.04. The van der Waals surface area contributed by atoms with E-state index in [9.17, 15) is 14.4 Å². The highest BCUT2D eigenvalue weighted by Gasteiger charge is 2.23. The van der Waals surface area contributed by atoms with E-state index in [0.29, 0.717) is 30.5 Å². The van der Waals surface area contributed by atoms with Gasteiger partial charge in [-0.1, -0.05) is 0 Å².